The maximum absolute atomic E-state index is 12.2. The van der Waals surface area contributed by atoms with Gasteiger partial charge >= 0.3 is 6.03 Å². The lowest BCUT2D eigenvalue weighted by atomic mass is 10.1. The average Bonchev–Trinajstić information content (AvgIpc) is 3.12. The minimum atomic E-state index is -0.274. The van der Waals surface area contributed by atoms with Crippen molar-refractivity contribution in [3.63, 3.8) is 0 Å². The van der Waals surface area contributed by atoms with E-state index in [1.54, 1.807) is 11.9 Å². The minimum absolute atomic E-state index is 0.138. The van der Waals surface area contributed by atoms with Gasteiger partial charge in [-0.05, 0) is 31.4 Å². The van der Waals surface area contributed by atoms with Gasteiger partial charge in [0.25, 0.3) is 0 Å². The van der Waals surface area contributed by atoms with E-state index < -0.39 is 0 Å². The fourth-order valence-corrected chi connectivity index (χ4v) is 3.27. The van der Waals surface area contributed by atoms with Gasteiger partial charge in [0.2, 0.25) is 0 Å². The van der Waals surface area contributed by atoms with Gasteiger partial charge in [-0.2, -0.15) is 0 Å². The summed E-state index contributed by atoms with van der Waals surface area (Å²) in [6.07, 6.45) is 2.60. The highest BCUT2D eigenvalue weighted by atomic mass is 16.3. The van der Waals surface area contributed by atoms with Crippen molar-refractivity contribution in [1.82, 2.24) is 20.2 Å². The van der Waals surface area contributed by atoms with Crippen LogP contribution in [0.2, 0.25) is 0 Å². The highest BCUT2D eigenvalue weighted by Crippen LogP contribution is 2.25. The van der Waals surface area contributed by atoms with Crippen LogP contribution in [0.15, 0.2) is 18.2 Å². The fraction of sp³-hybridized carbons (Fsp3) is 0.529. The number of nitrogens with one attached hydrogen (secondary N) is 2. The molecule has 23 heavy (non-hydrogen) atoms. The number of fused-ring (bicyclic) bond motifs is 1. The first-order valence-corrected chi connectivity index (χ1v) is 8.16. The highest BCUT2D eigenvalue weighted by molar-refractivity contribution is 5.78. The molecule has 0 saturated heterocycles. The fourth-order valence-electron chi connectivity index (χ4n) is 3.27. The van der Waals surface area contributed by atoms with Crippen molar-refractivity contribution in [3.05, 3.63) is 29.6 Å². The molecule has 1 saturated carbocycles. The standard InChI is InChI=1S/C17H24N4O2/c1-11-5-3-7-13-16(11)20-15(19-13)9-18-17(23)21(2)10-12-6-4-8-14(12)22/h3,5,7,12,14,22H,4,6,8-10H2,1-2H3,(H,18,23)(H,19,20). The lowest BCUT2D eigenvalue weighted by Crippen LogP contribution is -2.41. The SMILES string of the molecule is Cc1cccc2[nH]c(CNC(=O)N(C)CC3CCCC3O)nc12. The van der Waals surface area contributed by atoms with Crippen LogP contribution in [-0.2, 0) is 6.54 Å². The summed E-state index contributed by atoms with van der Waals surface area (Å²) in [5, 5.41) is 12.7. The molecule has 1 fully saturated rings. The molecule has 1 heterocycles. The first kappa shape index (κ1) is 15.8. The molecule has 1 aromatic heterocycles. The van der Waals surface area contributed by atoms with Crippen LogP contribution in [0, 0.1) is 12.8 Å². The monoisotopic (exact) mass is 316 g/mol. The molecule has 2 unspecified atom stereocenters. The van der Waals surface area contributed by atoms with Crippen LogP contribution in [0.3, 0.4) is 0 Å². The number of aliphatic hydroxyl groups is 1. The molecule has 3 N–H and O–H groups in total. The Morgan fingerprint density at radius 3 is 3.00 bits per heavy atom. The first-order chi connectivity index (χ1) is 11.0. The van der Waals surface area contributed by atoms with Crippen molar-refractivity contribution in [2.75, 3.05) is 13.6 Å². The maximum atomic E-state index is 12.2. The van der Waals surface area contributed by atoms with Crippen LogP contribution in [-0.4, -0.2) is 45.7 Å². The zero-order chi connectivity index (χ0) is 16.4. The zero-order valence-corrected chi connectivity index (χ0v) is 13.7. The molecule has 0 radical (unpaired) electrons. The number of hydrogen-bond donors (Lipinski definition) is 3. The number of benzene rings is 1. The summed E-state index contributed by atoms with van der Waals surface area (Å²) in [6, 6.07) is 5.85. The average molecular weight is 316 g/mol. The third kappa shape index (κ3) is 3.47. The summed E-state index contributed by atoms with van der Waals surface area (Å²) in [5.74, 6) is 0.941. The number of aryl methyl sites for hydroxylation is 1. The Labute approximate surface area is 135 Å². The largest absolute Gasteiger partial charge is 0.393 e. The molecule has 1 aliphatic carbocycles. The molecule has 0 bridgehead atoms. The van der Waals surface area contributed by atoms with E-state index in [-0.39, 0.29) is 18.1 Å². The molecule has 2 atom stereocenters. The number of H-pyrrole nitrogens is 1. The number of carbonyl (C=O) groups excluding carboxylic acids is 1. The summed E-state index contributed by atoms with van der Waals surface area (Å²) >= 11 is 0. The number of aromatic amines is 1. The maximum Gasteiger partial charge on any atom is 0.317 e. The van der Waals surface area contributed by atoms with Gasteiger partial charge in [0.15, 0.2) is 0 Å². The lowest BCUT2D eigenvalue weighted by molar-refractivity contribution is 0.114. The Morgan fingerprint density at radius 1 is 1.48 bits per heavy atom. The number of aromatic nitrogens is 2. The van der Waals surface area contributed by atoms with Gasteiger partial charge in [0.1, 0.15) is 5.82 Å². The van der Waals surface area contributed by atoms with Crippen LogP contribution >= 0.6 is 0 Å². The van der Waals surface area contributed by atoms with Crippen molar-refractivity contribution in [2.24, 2.45) is 5.92 Å². The van der Waals surface area contributed by atoms with E-state index in [1.807, 2.05) is 25.1 Å². The van der Waals surface area contributed by atoms with Crippen molar-refractivity contribution >= 4 is 17.1 Å². The van der Waals surface area contributed by atoms with E-state index in [4.69, 9.17) is 0 Å². The molecule has 2 aromatic rings. The quantitative estimate of drug-likeness (QED) is 0.808. The number of carbonyl (C=O) groups is 1. The predicted octanol–water partition coefficient (Wildman–Crippen LogP) is 2.17. The molecule has 0 spiro atoms. The zero-order valence-electron chi connectivity index (χ0n) is 13.7. The second kappa shape index (κ2) is 6.58. The Morgan fingerprint density at radius 2 is 2.30 bits per heavy atom. The minimum Gasteiger partial charge on any atom is -0.393 e. The molecular formula is C17H24N4O2. The number of hydrogen-bond acceptors (Lipinski definition) is 3. The first-order valence-electron chi connectivity index (χ1n) is 8.16. The number of urea groups is 1. The van der Waals surface area contributed by atoms with Crippen molar-refractivity contribution in [2.45, 2.75) is 38.8 Å². The summed E-state index contributed by atoms with van der Waals surface area (Å²) in [5.41, 5.74) is 3.04. The number of amides is 2. The number of imidazole rings is 1. The molecule has 2 amide bonds. The van der Waals surface area contributed by atoms with E-state index in [9.17, 15) is 9.90 Å². The normalized spacial score (nSPS) is 20.8. The van der Waals surface area contributed by atoms with Crippen LogP contribution in [0.4, 0.5) is 4.79 Å². The molecule has 0 aliphatic heterocycles. The Kier molecular flexibility index (Phi) is 4.52. The van der Waals surface area contributed by atoms with Crippen LogP contribution in [0.1, 0.15) is 30.7 Å². The van der Waals surface area contributed by atoms with Gasteiger partial charge in [-0.1, -0.05) is 18.6 Å². The van der Waals surface area contributed by atoms with E-state index in [0.717, 1.165) is 41.7 Å². The van der Waals surface area contributed by atoms with Crippen molar-refractivity contribution in [1.29, 1.82) is 0 Å². The van der Waals surface area contributed by atoms with E-state index in [1.165, 1.54) is 0 Å². The predicted molar refractivity (Wildman–Crippen MR) is 89.0 cm³/mol. The van der Waals surface area contributed by atoms with Crippen LogP contribution < -0.4 is 5.32 Å². The number of aliphatic hydroxyl groups excluding tert-OH is 1. The van der Waals surface area contributed by atoms with Crippen molar-refractivity contribution in [3.8, 4) is 0 Å². The van der Waals surface area contributed by atoms with E-state index in [0.29, 0.717) is 13.1 Å². The van der Waals surface area contributed by atoms with Gasteiger partial charge in [-0.25, -0.2) is 9.78 Å². The summed E-state index contributed by atoms with van der Waals surface area (Å²) in [7, 11) is 1.77. The summed E-state index contributed by atoms with van der Waals surface area (Å²) < 4.78 is 0. The van der Waals surface area contributed by atoms with Gasteiger partial charge < -0.3 is 20.3 Å². The van der Waals surface area contributed by atoms with Gasteiger partial charge in [0.05, 0.1) is 23.7 Å². The Hall–Kier alpha value is -2.08. The number of para-hydroxylation sites is 1. The molecular weight excluding hydrogens is 292 g/mol. The molecule has 6 heteroatoms. The van der Waals surface area contributed by atoms with Gasteiger partial charge in [0, 0.05) is 19.5 Å². The smallest absolute Gasteiger partial charge is 0.317 e. The number of rotatable bonds is 4. The Bertz CT molecular complexity index is 697. The van der Waals surface area contributed by atoms with Gasteiger partial charge in [-0.15, -0.1) is 0 Å². The highest BCUT2D eigenvalue weighted by Gasteiger charge is 2.27. The third-order valence-corrected chi connectivity index (χ3v) is 4.64. The summed E-state index contributed by atoms with van der Waals surface area (Å²) in [6.45, 7) is 2.98. The van der Waals surface area contributed by atoms with Crippen molar-refractivity contribution < 1.29 is 9.90 Å². The number of nitrogens with zero attached hydrogens (tertiary/aromatic N) is 2. The lowest BCUT2D eigenvalue weighted by Gasteiger charge is -2.23. The third-order valence-electron chi connectivity index (χ3n) is 4.64. The van der Waals surface area contributed by atoms with Crippen LogP contribution in [0.5, 0.6) is 0 Å². The second-order valence-corrected chi connectivity index (χ2v) is 6.45. The van der Waals surface area contributed by atoms with Gasteiger partial charge in [-0.3, -0.25) is 0 Å². The van der Waals surface area contributed by atoms with E-state index >= 15 is 0 Å². The topological polar surface area (TPSA) is 81.2 Å². The molecule has 124 valence electrons. The molecule has 3 rings (SSSR count). The molecule has 1 aromatic carbocycles. The summed E-state index contributed by atoms with van der Waals surface area (Å²) in [4.78, 5) is 21.6. The molecule has 1 aliphatic rings. The molecule has 6 nitrogen and oxygen atoms in total. The van der Waals surface area contributed by atoms with E-state index in [2.05, 4.69) is 15.3 Å². The van der Waals surface area contributed by atoms with Crippen LogP contribution in [0.25, 0.3) is 11.0 Å². The second-order valence-electron chi connectivity index (χ2n) is 6.45. The Balaban J connectivity index is 1.56.